The Morgan fingerprint density at radius 3 is 2.53 bits per heavy atom. The maximum atomic E-state index is 14.0. The molecule has 8 nitrogen and oxygen atoms in total. The summed E-state index contributed by atoms with van der Waals surface area (Å²) in [6.07, 6.45) is 6.57. The second kappa shape index (κ2) is 9.84. The number of nitrogens with zero attached hydrogens (tertiary/aromatic N) is 3. The smallest absolute Gasteiger partial charge is 0.291 e. The van der Waals surface area contributed by atoms with E-state index in [1.807, 2.05) is 54.0 Å². The number of hydrogen-bond acceptors (Lipinski definition) is 5. The highest BCUT2D eigenvalue weighted by Crippen LogP contribution is 2.36. The largest absolute Gasteiger partial charge is 0.493 e. The van der Waals surface area contributed by atoms with Crippen LogP contribution in [0.15, 0.2) is 42.5 Å². The predicted molar refractivity (Wildman–Crippen MR) is 137 cm³/mol. The number of methoxy groups -OCH3 is 2. The van der Waals surface area contributed by atoms with E-state index in [1.165, 1.54) is 12.8 Å². The lowest BCUT2D eigenvalue weighted by Gasteiger charge is -2.44. The first-order chi connectivity index (χ1) is 17.5. The van der Waals surface area contributed by atoms with Crippen LogP contribution in [0.4, 0.5) is 0 Å². The van der Waals surface area contributed by atoms with Crippen molar-refractivity contribution in [2.45, 2.75) is 70.1 Å². The molecule has 1 aliphatic carbocycles. The fraction of sp³-hybridized carbons (Fsp3) is 0.464. The zero-order chi connectivity index (χ0) is 25.3. The highest BCUT2D eigenvalue weighted by Gasteiger charge is 2.49. The molecule has 1 atom stereocenters. The first-order valence-electron chi connectivity index (χ1n) is 12.7. The van der Waals surface area contributed by atoms with Crippen LogP contribution in [0.2, 0.25) is 0 Å². The number of carbonyl (C=O) groups excluding carboxylic acids is 2. The molecule has 36 heavy (non-hydrogen) atoms. The second-order valence-electron chi connectivity index (χ2n) is 9.99. The predicted octanol–water partition coefficient (Wildman–Crippen LogP) is 4.31. The van der Waals surface area contributed by atoms with Crippen LogP contribution in [-0.4, -0.2) is 52.1 Å². The van der Waals surface area contributed by atoms with Crippen molar-refractivity contribution in [3.63, 3.8) is 0 Å². The minimum absolute atomic E-state index is 0.126. The summed E-state index contributed by atoms with van der Waals surface area (Å²) in [7, 11) is 3.16. The van der Waals surface area contributed by atoms with Gasteiger partial charge >= 0.3 is 0 Å². The normalized spacial score (nSPS) is 20.6. The molecular weight excluding hydrogens is 456 g/mol. The number of aromatic nitrogens is 2. The van der Waals surface area contributed by atoms with E-state index in [9.17, 15) is 9.59 Å². The number of fused-ring (bicyclic) bond motifs is 3. The Morgan fingerprint density at radius 1 is 1.06 bits per heavy atom. The Labute approximate surface area is 211 Å². The highest BCUT2D eigenvalue weighted by atomic mass is 16.5. The third-order valence-corrected chi connectivity index (χ3v) is 7.65. The lowest BCUT2D eigenvalue weighted by atomic mass is 9.93. The summed E-state index contributed by atoms with van der Waals surface area (Å²) in [6.45, 7) is 2.37. The monoisotopic (exact) mass is 490 g/mol. The molecule has 5 rings (SSSR count). The zero-order valence-electron chi connectivity index (χ0n) is 21.3. The lowest BCUT2D eigenvalue weighted by Crippen LogP contribution is -2.64. The van der Waals surface area contributed by atoms with E-state index in [0.29, 0.717) is 23.9 Å². The van der Waals surface area contributed by atoms with Gasteiger partial charge in [0.1, 0.15) is 5.54 Å². The standard InChI is InChI=1S/C28H34N4O4/c1-28(27(34)29-20-12-6-4-5-7-13-20)18-31-22-15-9-8-14-21(22)30-25(31)26(33)32(28)17-19-11-10-16-23(35-2)24(19)36-3/h8-11,14-16,20H,4-7,12-13,17-18H2,1-3H3,(H,29,34)/t28-/m0/s1. The average Bonchev–Trinajstić information content (AvgIpc) is 3.06. The molecule has 2 amide bonds. The first kappa shape index (κ1) is 24.2. The molecule has 190 valence electrons. The molecular formula is C28H34N4O4. The van der Waals surface area contributed by atoms with Crippen LogP contribution in [0.25, 0.3) is 11.0 Å². The summed E-state index contributed by atoms with van der Waals surface area (Å²) in [4.78, 5) is 34.3. The van der Waals surface area contributed by atoms with Crippen molar-refractivity contribution in [2.75, 3.05) is 14.2 Å². The van der Waals surface area contributed by atoms with Gasteiger partial charge in [-0.05, 0) is 38.0 Å². The number of benzene rings is 2. The van der Waals surface area contributed by atoms with Gasteiger partial charge in [0.25, 0.3) is 5.91 Å². The molecule has 1 saturated carbocycles. The second-order valence-corrected chi connectivity index (χ2v) is 9.99. The van der Waals surface area contributed by atoms with Crippen LogP contribution in [0, 0.1) is 0 Å². The van der Waals surface area contributed by atoms with Crippen LogP contribution in [0.1, 0.15) is 61.6 Å². The number of amides is 2. The third-order valence-electron chi connectivity index (χ3n) is 7.65. The van der Waals surface area contributed by atoms with Crippen molar-refractivity contribution >= 4 is 22.8 Å². The zero-order valence-corrected chi connectivity index (χ0v) is 21.3. The van der Waals surface area contributed by atoms with Gasteiger partial charge in [0.15, 0.2) is 17.3 Å². The van der Waals surface area contributed by atoms with Crippen molar-refractivity contribution in [1.82, 2.24) is 19.8 Å². The summed E-state index contributed by atoms with van der Waals surface area (Å²) in [5, 5.41) is 3.31. The number of imidazole rings is 1. The topological polar surface area (TPSA) is 85.7 Å². The Hall–Kier alpha value is -3.55. The van der Waals surface area contributed by atoms with Gasteiger partial charge < -0.3 is 24.3 Å². The number of para-hydroxylation sites is 3. The van der Waals surface area contributed by atoms with Crippen molar-refractivity contribution in [2.24, 2.45) is 0 Å². The van der Waals surface area contributed by atoms with Crippen LogP contribution in [0.5, 0.6) is 11.5 Å². The highest BCUT2D eigenvalue weighted by molar-refractivity contribution is 6.01. The van der Waals surface area contributed by atoms with Gasteiger partial charge in [-0.15, -0.1) is 0 Å². The molecule has 1 fully saturated rings. The van der Waals surface area contributed by atoms with E-state index < -0.39 is 5.54 Å². The molecule has 3 aromatic rings. The van der Waals surface area contributed by atoms with Gasteiger partial charge in [-0.25, -0.2) is 4.98 Å². The number of ether oxygens (including phenoxy) is 2. The molecule has 2 aromatic carbocycles. The minimum Gasteiger partial charge on any atom is -0.493 e. The number of carbonyl (C=O) groups is 2. The van der Waals surface area contributed by atoms with E-state index >= 15 is 0 Å². The maximum absolute atomic E-state index is 14.0. The number of nitrogens with one attached hydrogen (secondary N) is 1. The molecule has 8 heteroatoms. The molecule has 1 aliphatic heterocycles. The van der Waals surface area contributed by atoms with Crippen molar-refractivity contribution in [1.29, 1.82) is 0 Å². The van der Waals surface area contributed by atoms with Crippen molar-refractivity contribution < 1.29 is 19.1 Å². The van der Waals surface area contributed by atoms with Gasteiger partial charge in [-0.3, -0.25) is 9.59 Å². The molecule has 0 spiro atoms. The molecule has 0 unspecified atom stereocenters. The van der Waals surface area contributed by atoms with Crippen LogP contribution in [0.3, 0.4) is 0 Å². The Bertz CT molecular complexity index is 1280. The molecule has 1 N–H and O–H groups in total. The molecule has 2 heterocycles. The van der Waals surface area contributed by atoms with Crippen molar-refractivity contribution in [3.05, 3.63) is 53.9 Å². The SMILES string of the molecule is COc1cccc(CN2C(=O)c3nc4ccccc4n3C[C@@]2(C)C(=O)NC2CCCCCC2)c1OC. The molecule has 2 aliphatic rings. The van der Waals surface area contributed by atoms with E-state index in [0.717, 1.165) is 42.3 Å². The Morgan fingerprint density at radius 2 is 1.81 bits per heavy atom. The Kier molecular flexibility index (Phi) is 6.60. The fourth-order valence-electron chi connectivity index (χ4n) is 5.59. The Balaban J connectivity index is 1.56. The molecule has 0 radical (unpaired) electrons. The van der Waals surface area contributed by atoms with Crippen LogP contribution in [-0.2, 0) is 17.9 Å². The summed E-state index contributed by atoms with van der Waals surface area (Å²) >= 11 is 0. The third kappa shape index (κ3) is 4.18. The minimum atomic E-state index is -1.12. The van der Waals surface area contributed by atoms with E-state index in [4.69, 9.17) is 9.47 Å². The molecule has 0 bridgehead atoms. The van der Waals surface area contributed by atoms with Gasteiger partial charge in [-0.1, -0.05) is 49.9 Å². The van der Waals surface area contributed by atoms with Gasteiger partial charge in [0.2, 0.25) is 5.91 Å². The lowest BCUT2D eigenvalue weighted by molar-refractivity contribution is -0.134. The van der Waals surface area contributed by atoms with Crippen LogP contribution >= 0.6 is 0 Å². The van der Waals surface area contributed by atoms with E-state index in [2.05, 4.69) is 10.3 Å². The first-order valence-corrected chi connectivity index (χ1v) is 12.7. The summed E-state index contributed by atoms with van der Waals surface area (Å²) < 4.78 is 13.0. The van der Waals surface area contributed by atoms with Gasteiger partial charge in [0, 0.05) is 11.6 Å². The average molecular weight is 491 g/mol. The van der Waals surface area contributed by atoms with Crippen LogP contribution < -0.4 is 14.8 Å². The number of hydrogen-bond donors (Lipinski definition) is 1. The maximum Gasteiger partial charge on any atom is 0.291 e. The number of rotatable bonds is 6. The van der Waals surface area contributed by atoms with Crippen molar-refractivity contribution in [3.8, 4) is 11.5 Å². The fourth-order valence-corrected chi connectivity index (χ4v) is 5.59. The van der Waals surface area contributed by atoms with E-state index in [-0.39, 0.29) is 24.4 Å². The summed E-state index contributed by atoms with van der Waals surface area (Å²) in [5.41, 5.74) is 1.25. The molecule has 1 aromatic heterocycles. The molecule has 0 saturated heterocycles. The summed E-state index contributed by atoms with van der Waals surface area (Å²) in [5.74, 6) is 1.07. The van der Waals surface area contributed by atoms with Gasteiger partial charge in [0.05, 0.1) is 38.3 Å². The quantitative estimate of drug-likeness (QED) is 0.521. The summed E-state index contributed by atoms with van der Waals surface area (Å²) in [6, 6.07) is 13.4. The van der Waals surface area contributed by atoms with Gasteiger partial charge in [-0.2, -0.15) is 0 Å². The van der Waals surface area contributed by atoms with E-state index in [1.54, 1.807) is 19.1 Å².